The molecule has 6 aromatic rings. The van der Waals surface area contributed by atoms with Gasteiger partial charge in [0.1, 0.15) is 17.4 Å². The fourth-order valence-electron chi connectivity index (χ4n) is 8.08. The average Bonchev–Trinajstić information content (AvgIpc) is 4.00. The van der Waals surface area contributed by atoms with Gasteiger partial charge < -0.3 is 35.1 Å². The summed E-state index contributed by atoms with van der Waals surface area (Å²) in [6.45, 7) is 9.54. The molecule has 3 amide bonds. The number of hydrogen-bond acceptors (Lipinski definition) is 8. The number of aromatic amines is 2. The van der Waals surface area contributed by atoms with Crippen LogP contribution in [0, 0.1) is 5.92 Å². The van der Waals surface area contributed by atoms with Crippen molar-refractivity contribution in [3.8, 4) is 11.3 Å². The topological polar surface area (TPSA) is 161 Å². The summed E-state index contributed by atoms with van der Waals surface area (Å²) in [6.07, 6.45) is 2.82. The van der Waals surface area contributed by atoms with Gasteiger partial charge in [0.25, 0.3) is 0 Å². The highest BCUT2D eigenvalue weighted by Crippen LogP contribution is 2.36. The van der Waals surface area contributed by atoms with E-state index in [1.807, 2.05) is 55.7 Å². The number of likely N-dealkylation sites (tertiary alicyclic amines) is 2. The molecule has 13 nitrogen and oxygen atoms in total. The van der Waals surface area contributed by atoms with Crippen molar-refractivity contribution in [1.82, 2.24) is 45.4 Å². The predicted molar refractivity (Wildman–Crippen MR) is 209 cm³/mol. The van der Waals surface area contributed by atoms with E-state index in [0.29, 0.717) is 18.9 Å². The highest BCUT2D eigenvalue weighted by atomic mass is 16.5. The molecule has 0 saturated carbocycles. The number of aromatic nitrogens is 5. The number of carbonyl (C=O) groups excluding carboxylic acids is 3. The van der Waals surface area contributed by atoms with E-state index in [-0.39, 0.29) is 35.9 Å². The third-order valence-corrected chi connectivity index (χ3v) is 10.9. The van der Waals surface area contributed by atoms with E-state index in [1.165, 1.54) is 7.11 Å². The third-order valence-electron chi connectivity index (χ3n) is 10.9. The monoisotopic (exact) mass is 729 g/mol. The van der Waals surface area contributed by atoms with E-state index in [2.05, 4.69) is 57.0 Å². The maximum absolute atomic E-state index is 13.7. The largest absolute Gasteiger partial charge is 0.453 e. The summed E-state index contributed by atoms with van der Waals surface area (Å²) in [5.41, 5.74) is 6.39. The molecule has 0 spiro atoms. The summed E-state index contributed by atoms with van der Waals surface area (Å²) in [4.78, 5) is 64.5. The van der Waals surface area contributed by atoms with Gasteiger partial charge >= 0.3 is 6.09 Å². The van der Waals surface area contributed by atoms with Crippen molar-refractivity contribution in [3.63, 3.8) is 0 Å². The Morgan fingerprint density at radius 3 is 2.37 bits per heavy atom. The minimum absolute atomic E-state index is 0.0883. The number of alkyl carbamates (subject to hydrolysis) is 1. The fourth-order valence-corrected chi connectivity index (χ4v) is 8.08. The van der Waals surface area contributed by atoms with Gasteiger partial charge in [-0.05, 0) is 78.9 Å². The third kappa shape index (κ3) is 6.50. The first-order valence-electron chi connectivity index (χ1n) is 19.0. The number of pyridine rings is 1. The van der Waals surface area contributed by atoms with Crippen molar-refractivity contribution in [2.24, 2.45) is 5.92 Å². The summed E-state index contributed by atoms with van der Waals surface area (Å²) in [5.74, 6) is 1.31. The van der Waals surface area contributed by atoms with Crippen LogP contribution >= 0.6 is 0 Å². The van der Waals surface area contributed by atoms with Crippen LogP contribution in [0.4, 0.5) is 4.79 Å². The summed E-state index contributed by atoms with van der Waals surface area (Å²) >= 11 is 0. The van der Waals surface area contributed by atoms with E-state index < -0.39 is 12.1 Å². The van der Waals surface area contributed by atoms with Gasteiger partial charge in [0.15, 0.2) is 5.82 Å². The van der Waals surface area contributed by atoms with Crippen LogP contribution in [0.1, 0.15) is 77.1 Å². The second-order valence-corrected chi connectivity index (χ2v) is 15.2. The molecular weight excluding hydrogens is 683 g/mol. The van der Waals surface area contributed by atoms with Crippen LogP contribution < -0.4 is 10.6 Å². The number of methoxy groups -OCH3 is 1. The zero-order valence-corrected chi connectivity index (χ0v) is 31.4. The van der Waals surface area contributed by atoms with Crippen LogP contribution in [-0.2, 0) is 14.3 Å². The number of carbonyl (C=O) groups is 3. The van der Waals surface area contributed by atoms with Gasteiger partial charge in [0.2, 0.25) is 11.8 Å². The van der Waals surface area contributed by atoms with E-state index in [9.17, 15) is 14.4 Å². The number of imidazole rings is 2. The van der Waals surface area contributed by atoms with Gasteiger partial charge in [-0.2, -0.15) is 0 Å². The van der Waals surface area contributed by atoms with Gasteiger partial charge in [0.05, 0.1) is 42.3 Å². The average molecular weight is 730 g/mol. The first-order valence-corrected chi connectivity index (χ1v) is 19.0. The zero-order valence-electron chi connectivity index (χ0n) is 31.4. The molecule has 4 N–H and O–H groups in total. The Balaban J connectivity index is 1.05. The molecule has 3 atom stereocenters. The van der Waals surface area contributed by atoms with Gasteiger partial charge in [0, 0.05) is 41.1 Å². The number of fused-ring (bicyclic) bond motifs is 6. The Morgan fingerprint density at radius 1 is 0.833 bits per heavy atom. The molecule has 13 heteroatoms. The summed E-state index contributed by atoms with van der Waals surface area (Å²) in [6, 6.07) is 18.0. The van der Waals surface area contributed by atoms with Crippen LogP contribution in [0.25, 0.3) is 55.0 Å². The SMILES string of the molecule is COC(=O)N[C@@H](C(=O)N1CCC[C@H]1c1nc2c(ccc3cc(-c4ccc5c(ccc6nc([C@@H]7CCCN7C(=O)CNC(C)C)nc65)[nH]4)ccc32)[nH]1)C(C)C. The Bertz CT molecular complexity index is 2400. The van der Waals surface area contributed by atoms with E-state index in [1.54, 1.807) is 0 Å². The second-order valence-electron chi connectivity index (χ2n) is 15.2. The number of H-pyrrole nitrogens is 2. The van der Waals surface area contributed by atoms with Crippen molar-refractivity contribution in [3.05, 3.63) is 66.2 Å². The van der Waals surface area contributed by atoms with Crippen LogP contribution in [0.3, 0.4) is 0 Å². The molecule has 0 aliphatic carbocycles. The Morgan fingerprint density at radius 2 is 1.59 bits per heavy atom. The summed E-state index contributed by atoms with van der Waals surface area (Å²) < 4.78 is 4.79. The number of ether oxygens (including phenoxy) is 1. The molecule has 5 heterocycles. The quantitative estimate of drug-likeness (QED) is 0.131. The lowest BCUT2D eigenvalue weighted by Gasteiger charge is -2.29. The standard InChI is InChI=1S/C41H47N9O4/c1-22(2)35(48-41(53)54-5)40(52)50-19-7-9-33(50)39-44-30-14-11-24-20-25(10-12-26(24)36(30)46-39)28-15-13-27-29(43-28)16-17-31-37(27)47-38(45-31)32-8-6-18-49(32)34(51)21-42-23(3)4/h10-17,20,22-23,32-33,35,42-43H,6-9,18-19,21H2,1-5H3,(H,44,46)(H,48,53)/t32-,33-,35+/m0/s1. The molecule has 3 aromatic carbocycles. The molecule has 0 unspecified atom stereocenters. The highest BCUT2D eigenvalue weighted by Gasteiger charge is 2.38. The van der Waals surface area contributed by atoms with Crippen LogP contribution in [0.2, 0.25) is 0 Å². The van der Waals surface area contributed by atoms with E-state index >= 15 is 0 Å². The smallest absolute Gasteiger partial charge is 0.407 e. The Hall–Kier alpha value is -5.56. The number of benzene rings is 3. The van der Waals surface area contributed by atoms with Gasteiger partial charge in [-0.1, -0.05) is 45.9 Å². The van der Waals surface area contributed by atoms with E-state index in [4.69, 9.17) is 19.7 Å². The number of rotatable bonds is 9. The molecule has 280 valence electrons. The molecule has 2 saturated heterocycles. The van der Waals surface area contributed by atoms with Crippen molar-refractivity contribution < 1.29 is 19.1 Å². The number of nitrogens with one attached hydrogen (secondary N) is 4. The van der Waals surface area contributed by atoms with Gasteiger partial charge in [-0.25, -0.2) is 19.7 Å². The van der Waals surface area contributed by atoms with Crippen molar-refractivity contribution in [2.75, 3.05) is 26.7 Å². The normalized spacial score (nSPS) is 18.2. The van der Waals surface area contributed by atoms with Gasteiger partial charge in [-0.3, -0.25) is 9.59 Å². The molecule has 8 rings (SSSR count). The lowest BCUT2D eigenvalue weighted by molar-refractivity contribution is -0.135. The number of hydrogen-bond donors (Lipinski definition) is 4. The molecular formula is C41H47N9O4. The van der Waals surface area contributed by atoms with Crippen LogP contribution in [0.5, 0.6) is 0 Å². The lowest BCUT2D eigenvalue weighted by Crippen LogP contribution is -2.51. The van der Waals surface area contributed by atoms with Crippen molar-refractivity contribution >= 4 is 61.6 Å². The Labute approximate surface area is 313 Å². The highest BCUT2D eigenvalue weighted by molar-refractivity contribution is 6.06. The first-order chi connectivity index (χ1) is 26.1. The molecule has 0 bridgehead atoms. The zero-order chi connectivity index (χ0) is 37.7. The molecule has 2 aliphatic rings. The predicted octanol–water partition coefficient (Wildman–Crippen LogP) is 6.51. The minimum atomic E-state index is -0.688. The lowest BCUT2D eigenvalue weighted by atomic mass is 10.0. The molecule has 2 aliphatic heterocycles. The Kier molecular flexibility index (Phi) is 9.43. The van der Waals surface area contributed by atoms with E-state index in [0.717, 1.165) is 93.1 Å². The van der Waals surface area contributed by atoms with Crippen molar-refractivity contribution in [2.45, 2.75) is 77.5 Å². The minimum Gasteiger partial charge on any atom is -0.453 e. The fraction of sp³-hybridized carbons (Fsp3) is 0.415. The molecule has 3 aromatic heterocycles. The van der Waals surface area contributed by atoms with Gasteiger partial charge in [-0.15, -0.1) is 0 Å². The van der Waals surface area contributed by atoms with Crippen LogP contribution in [0.15, 0.2) is 54.6 Å². The summed E-state index contributed by atoms with van der Waals surface area (Å²) in [5, 5.41) is 9.02. The van der Waals surface area contributed by atoms with Crippen LogP contribution in [-0.4, -0.2) is 91.5 Å². The first kappa shape index (κ1) is 35.5. The maximum atomic E-state index is 13.7. The number of amides is 3. The maximum Gasteiger partial charge on any atom is 0.407 e. The second kappa shape index (κ2) is 14.3. The number of nitrogens with zero attached hydrogens (tertiary/aromatic N) is 5. The molecule has 0 radical (unpaired) electrons. The van der Waals surface area contributed by atoms with Crippen molar-refractivity contribution in [1.29, 1.82) is 0 Å². The summed E-state index contributed by atoms with van der Waals surface area (Å²) in [7, 11) is 1.30. The molecule has 2 fully saturated rings. The molecule has 54 heavy (non-hydrogen) atoms.